The topological polar surface area (TPSA) is 107 Å². The number of aromatic nitrogens is 2. The Morgan fingerprint density at radius 3 is 2.55 bits per heavy atom. The van der Waals surface area contributed by atoms with Gasteiger partial charge in [-0.1, -0.05) is 30.3 Å². The molecule has 1 aromatic heterocycles. The summed E-state index contributed by atoms with van der Waals surface area (Å²) in [6, 6.07) is 9.61. The van der Waals surface area contributed by atoms with Crippen molar-refractivity contribution in [3.8, 4) is 11.4 Å². The van der Waals surface area contributed by atoms with Crippen molar-refractivity contribution < 1.29 is 4.79 Å². The highest BCUT2D eigenvalue weighted by Crippen LogP contribution is 2.21. The summed E-state index contributed by atoms with van der Waals surface area (Å²) >= 11 is 0. The third-order valence-corrected chi connectivity index (χ3v) is 2.88. The summed E-state index contributed by atoms with van der Waals surface area (Å²) in [5.74, 6) is 0.690. The molecule has 0 radical (unpaired) electrons. The zero-order valence-corrected chi connectivity index (χ0v) is 11.3. The standard InChI is InChI=1S/C14H17N5O/c1-9-11(7-15)14(17-8-12(16)20)19-13(18-9)10-5-3-2-4-6-10/h2-6H,7-8,15H2,1H3,(H2,16,20)(H,17,18,19). The molecule has 0 saturated carbocycles. The molecule has 20 heavy (non-hydrogen) atoms. The summed E-state index contributed by atoms with van der Waals surface area (Å²) in [5, 5.41) is 2.91. The van der Waals surface area contributed by atoms with Gasteiger partial charge in [0.2, 0.25) is 5.91 Å². The molecule has 0 saturated heterocycles. The molecular weight excluding hydrogens is 254 g/mol. The SMILES string of the molecule is Cc1nc(-c2ccccc2)nc(NCC(N)=O)c1CN. The van der Waals surface area contributed by atoms with Gasteiger partial charge in [-0.25, -0.2) is 9.97 Å². The number of aryl methyl sites for hydroxylation is 1. The van der Waals surface area contributed by atoms with Crippen LogP contribution in [0.4, 0.5) is 5.82 Å². The first-order chi connectivity index (χ1) is 9.61. The van der Waals surface area contributed by atoms with E-state index >= 15 is 0 Å². The van der Waals surface area contributed by atoms with Crippen LogP contribution in [0.2, 0.25) is 0 Å². The highest BCUT2D eigenvalue weighted by Gasteiger charge is 2.12. The summed E-state index contributed by atoms with van der Waals surface area (Å²) in [4.78, 5) is 19.8. The quantitative estimate of drug-likeness (QED) is 0.746. The van der Waals surface area contributed by atoms with Crippen molar-refractivity contribution in [3.05, 3.63) is 41.6 Å². The maximum Gasteiger partial charge on any atom is 0.236 e. The van der Waals surface area contributed by atoms with E-state index in [4.69, 9.17) is 11.5 Å². The number of primary amides is 1. The second kappa shape index (κ2) is 6.12. The molecule has 0 spiro atoms. The summed E-state index contributed by atoms with van der Waals surface area (Å²) in [6.07, 6.45) is 0. The van der Waals surface area contributed by atoms with Crippen LogP contribution in [0.1, 0.15) is 11.3 Å². The van der Waals surface area contributed by atoms with Crippen molar-refractivity contribution in [3.63, 3.8) is 0 Å². The van der Waals surface area contributed by atoms with E-state index in [0.717, 1.165) is 16.8 Å². The van der Waals surface area contributed by atoms with Gasteiger partial charge in [0.25, 0.3) is 0 Å². The minimum atomic E-state index is -0.453. The third kappa shape index (κ3) is 3.10. The minimum Gasteiger partial charge on any atom is -0.368 e. The van der Waals surface area contributed by atoms with Crippen LogP contribution in [0.3, 0.4) is 0 Å². The first-order valence-corrected chi connectivity index (χ1v) is 6.27. The van der Waals surface area contributed by atoms with Gasteiger partial charge in [0.1, 0.15) is 5.82 Å². The average Bonchev–Trinajstić information content (AvgIpc) is 2.45. The molecule has 104 valence electrons. The maximum atomic E-state index is 10.9. The Kier molecular flexibility index (Phi) is 4.27. The molecule has 0 aliphatic carbocycles. The van der Waals surface area contributed by atoms with E-state index in [2.05, 4.69) is 15.3 Å². The first kappa shape index (κ1) is 14.0. The lowest BCUT2D eigenvalue weighted by atomic mass is 10.1. The third-order valence-electron chi connectivity index (χ3n) is 2.88. The Hall–Kier alpha value is -2.47. The lowest BCUT2D eigenvalue weighted by molar-refractivity contribution is -0.116. The van der Waals surface area contributed by atoms with Crippen LogP contribution >= 0.6 is 0 Å². The zero-order chi connectivity index (χ0) is 14.5. The van der Waals surface area contributed by atoms with E-state index in [-0.39, 0.29) is 6.54 Å². The van der Waals surface area contributed by atoms with E-state index in [1.807, 2.05) is 37.3 Å². The van der Waals surface area contributed by atoms with Gasteiger partial charge in [0.05, 0.1) is 6.54 Å². The second-order valence-corrected chi connectivity index (χ2v) is 4.35. The highest BCUT2D eigenvalue weighted by molar-refractivity contribution is 5.79. The molecule has 6 nitrogen and oxygen atoms in total. The van der Waals surface area contributed by atoms with Gasteiger partial charge in [-0.2, -0.15) is 0 Å². The summed E-state index contributed by atoms with van der Waals surface area (Å²) < 4.78 is 0. The number of rotatable bonds is 5. The molecule has 1 heterocycles. The van der Waals surface area contributed by atoms with Crippen molar-refractivity contribution in [1.82, 2.24) is 9.97 Å². The number of nitrogens with two attached hydrogens (primary N) is 2. The first-order valence-electron chi connectivity index (χ1n) is 6.27. The molecule has 5 N–H and O–H groups in total. The van der Waals surface area contributed by atoms with Crippen LogP contribution in [0.5, 0.6) is 0 Å². The average molecular weight is 271 g/mol. The van der Waals surface area contributed by atoms with Gasteiger partial charge in [-0.15, -0.1) is 0 Å². The molecule has 0 atom stereocenters. The normalized spacial score (nSPS) is 10.3. The fraction of sp³-hybridized carbons (Fsp3) is 0.214. The molecule has 1 amide bonds. The van der Waals surface area contributed by atoms with E-state index in [0.29, 0.717) is 18.2 Å². The van der Waals surface area contributed by atoms with E-state index in [9.17, 15) is 4.79 Å². The fourth-order valence-corrected chi connectivity index (χ4v) is 1.87. The number of carbonyl (C=O) groups excluding carboxylic acids is 1. The van der Waals surface area contributed by atoms with Gasteiger partial charge >= 0.3 is 0 Å². The van der Waals surface area contributed by atoms with Crippen LogP contribution in [0, 0.1) is 6.92 Å². The lowest BCUT2D eigenvalue weighted by Gasteiger charge is -2.13. The smallest absolute Gasteiger partial charge is 0.236 e. The van der Waals surface area contributed by atoms with E-state index < -0.39 is 5.91 Å². The summed E-state index contributed by atoms with van der Waals surface area (Å²) in [5.41, 5.74) is 13.3. The molecule has 0 aliphatic rings. The highest BCUT2D eigenvalue weighted by atomic mass is 16.1. The monoisotopic (exact) mass is 271 g/mol. The van der Waals surface area contributed by atoms with Gasteiger partial charge in [-0.3, -0.25) is 4.79 Å². The Bertz CT molecular complexity index is 612. The van der Waals surface area contributed by atoms with Crippen molar-refractivity contribution in [2.45, 2.75) is 13.5 Å². The van der Waals surface area contributed by atoms with Crippen molar-refractivity contribution in [2.75, 3.05) is 11.9 Å². The van der Waals surface area contributed by atoms with Crippen LogP contribution in [0.25, 0.3) is 11.4 Å². The van der Waals surface area contributed by atoms with Crippen LogP contribution in [0.15, 0.2) is 30.3 Å². The molecule has 1 aromatic carbocycles. The molecule has 2 rings (SSSR count). The Morgan fingerprint density at radius 1 is 1.25 bits per heavy atom. The second-order valence-electron chi connectivity index (χ2n) is 4.35. The Morgan fingerprint density at radius 2 is 1.95 bits per heavy atom. The number of hydrogen-bond donors (Lipinski definition) is 3. The molecule has 2 aromatic rings. The van der Waals surface area contributed by atoms with E-state index in [1.54, 1.807) is 0 Å². The van der Waals surface area contributed by atoms with Crippen molar-refractivity contribution in [2.24, 2.45) is 11.5 Å². The van der Waals surface area contributed by atoms with Crippen LogP contribution < -0.4 is 16.8 Å². The van der Waals surface area contributed by atoms with Crippen LogP contribution in [-0.2, 0) is 11.3 Å². The molecular formula is C14H17N5O. The number of nitrogens with one attached hydrogen (secondary N) is 1. The minimum absolute atomic E-state index is 0.0116. The molecule has 0 aliphatic heterocycles. The number of benzene rings is 1. The summed E-state index contributed by atoms with van der Waals surface area (Å²) in [6.45, 7) is 2.17. The molecule has 0 unspecified atom stereocenters. The Balaban J connectivity index is 2.43. The van der Waals surface area contributed by atoms with E-state index in [1.165, 1.54) is 0 Å². The predicted molar refractivity (Wildman–Crippen MR) is 77.8 cm³/mol. The van der Waals surface area contributed by atoms with Gasteiger partial charge in [0.15, 0.2) is 5.82 Å². The number of amides is 1. The van der Waals surface area contributed by atoms with Gasteiger partial charge in [-0.05, 0) is 6.92 Å². The zero-order valence-electron chi connectivity index (χ0n) is 11.3. The Labute approximate surface area is 117 Å². The lowest BCUT2D eigenvalue weighted by Crippen LogP contribution is -2.23. The molecule has 6 heteroatoms. The van der Waals surface area contributed by atoms with Crippen LogP contribution in [-0.4, -0.2) is 22.4 Å². The summed E-state index contributed by atoms with van der Waals surface area (Å²) in [7, 11) is 0. The molecule has 0 fully saturated rings. The number of anilines is 1. The van der Waals surface area contributed by atoms with Gasteiger partial charge in [0, 0.05) is 23.4 Å². The fourth-order valence-electron chi connectivity index (χ4n) is 1.87. The number of nitrogens with zero attached hydrogens (tertiary/aromatic N) is 2. The number of hydrogen-bond acceptors (Lipinski definition) is 5. The number of carbonyl (C=O) groups is 1. The predicted octanol–water partition coefficient (Wildman–Crippen LogP) is 0.808. The largest absolute Gasteiger partial charge is 0.368 e. The maximum absolute atomic E-state index is 10.9. The van der Waals surface area contributed by atoms with Crippen molar-refractivity contribution >= 4 is 11.7 Å². The van der Waals surface area contributed by atoms with Crippen molar-refractivity contribution in [1.29, 1.82) is 0 Å². The molecule has 0 bridgehead atoms. The van der Waals surface area contributed by atoms with Gasteiger partial charge < -0.3 is 16.8 Å².